The van der Waals surface area contributed by atoms with E-state index in [-0.39, 0.29) is 5.91 Å². The molecule has 0 aliphatic rings. The Morgan fingerprint density at radius 2 is 1.45 bits per heavy atom. The first-order chi connectivity index (χ1) is 15.2. The second-order valence-corrected chi connectivity index (χ2v) is 6.77. The number of benzene rings is 3. The lowest BCUT2D eigenvalue weighted by molar-refractivity contribution is 0.0955. The third-order valence-corrected chi connectivity index (χ3v) is 4.44. The van der Waals surface area contributed by atoms with Crippen LogP contribution in [0.15, 0.2) is 77.9 Å². The zero-order valence-electron chi connectivity index (χ0n) is 17.7. The van der Waals surface area contributed by atoms with Gasteiger partial charge in [0.1, 0.15) is 23.0 Å². The van der Waals surface area contributed by atoms with Gasteiger partial charge in [0.05, 0.1) is 19.9 Å². The number of amides is 1. The second kappa shape index (κ2) is 11.4. The van der Waals surface area contributed by atoms with E-state index in [0.29, 0.717) is 23.7 Å². The minimum atomic E-state index is -0.299. The van der Waals surface area contributed by atoms with Gasteiger partial charge in [-0.25, -0.2) is 5.43 Å². The smallest absolute Gasteiger partial charge is 0.271 e. The maximum Gasteiger partial charge on any atom is 0.271 e. The van der Waals surface area contributed by atoms with Crippen LogP contribution in [-0.2, 0) is 0 Å². The summed E-state index contributed by atoms with van der Waals surface area (Å²) < 4.78 is 16.5. The van der Waals surface area contributed by atoms with E-state index in [1.165, 1.54) is 0 Å². The number of rotatable bonds is 10. The molecule has 1 N–H and O–H groups in total. The maximum absolute atomic E-state index is 12.3. The SMILES string of the molecule is CCCCOc1ccc(/C=N\NC(=O)c2ccc(Oc3ccc(OC)cc3)cc2)cc1. The number of carbonyl (C=O) groups excluding carboxylic acids is 1. The van der Waals surface area contributed by atoms with Crippen molar-refractivity contribution in [3.05, 3.63) is 83.9 Å². The minimum absolute atomic E-state index is 0.299. The van der Waals surface area contributed by atoms with Crippen molar-refractivity contribution in [1.82, 2.24) is 5.43 Å². The quantitative estimate of drug-likeness (QED) is 0.271. The molecule has 0 aliphatic heterocycles. The molecule has 0 aromatic heterocycles. The van der Waals surface area contributed by atoms with E-state index < -0.39 is 0 Å². The Kier molecular flexibility index (Phi) is 8.05. The van der Waals surface area contributed by atoms with Gasteiger partial charge in [-0.05, 0) is 84.8 Å². The first kappa shape index (κ1) is 21.9. The van der Waals surface area contributed by atoms with Crippen LogP contribution in [0.3, 0.4) is 0 Å². The highest BCUT2D eigenvalue weighted by Gasteiger charge is 2.05. The molecule has 0 unspecified atom stereocenters. The van der Waals surface area contributed by atoms with Crippen LogP contribution in [0.25, 0.3) is 0 Å². The normalized spacial score (nSPS) is 10.6. The lowest BCUT2D eigenvalue weighted by Gasteiger charge is -2.07. The van der Waals surface area contributed by atoms with Crippen molar-refractivity contribution < 1.29 is 19.0 Å². The third kappa shape index (κ3) is 6.89. The lowest BCUT2D eigenvalue weighted by atomic mass is 10.2. The minimum Gasteiger partial charge on any atom is -0.497 e. The maximum atomic E-state index is 12.3. The summed E-state index contributed by atoms with van der Waals surface area (Å²) in [6.45, 7) is 2.84. The number of carbonyl (C=O) groups is 1. The van der Waals surface area contributed by atoms with Gasteiger partial charge in [-0.1, -0.05) is 13.3 Å². The summed E-state index contributed by atoms with van der Waals surface area (Å²) in [6.07, 6.45) is 3.72. The molecule has 0 aliphatic carbocycles. The molecular weight excluding hydrogens is 392 g/mol. The molecule has 0 saturated heterocycles. The predicted molar refractivity (Wildman–Crippen MR) is 121 cm³/mol. The zero-order chi connectivity index (χ0) is 21.9. The first-order valence-corrected chi connectivity index (χ1v) is 10.2. The van der Waals surface area contributed by atoms with Gasteiger partial charge in [0.25, 0.3) is 5.91 Å². The molecule has 6 nitrogen and oxygen atoms in total. The Labute approximate surface area is 182 Å². The molecule has 3 aromatic rings. The topological polar surface area (TPSA) is 69.2 Å². The molecule has 0 spiro atoms. The Hall–Kier alpha value is -3.80. The standard InChI is InChI=1S/C25H26N2O4/c1-3-4-17-30-22-9-5-19(6-10-22)18-26-27-25(28)20-7-11-23(12-8-20)31-24-15-13-21(29-2)14-16-24/h5-16,18H,3-4,17H2,1-2H3,(H,27,28)/b26-18-. The van der Waals surface area contributed by atoms with E-state index in [1.807, 2.05) is 48.5 Å². The fourth-order valence-electron chi connectivity index (χ4n) is 2.67. The molecule has 0 atom stereocenters. The number of nitrogens with one attached hydrogen (secondary N) is 1. The van der Waals surface area contributed by atoms with Gasteiger partial charge in [0.15, 0.2) is 0 Å². The highest BCUT2D eigenvalue weighted by atomic mass is 16.5. The van der Waals surface area contributed by atoms with Crippen molar-refractivity contribution in [2.75, 3.05) is 13.7 Å². The van der Waals surface area contributed by atoms with E-state index in [0.717, 1.165) is 29.9 Å². The van der Waals surface area contributed by atoms with Crippen LogP contribution in [0.5, 0.6) is 23.0 Å². The molecule has 6 heteroatoms. The zero-order valence-corrected chi connectivity index (χ0v) is 17.7. The summed E-state index contributed by atoms with van der Waals surface area (Å²) in [7, 11) is 1.61. The molecule has 3 rings (SSSR count). The van der Waals surface area contributed by atoms with Crippen molar-refractivity contribution in [2.45, 2.75) is 19.8 Å². The molecular formula is C25H26N2O4. The second-order valence-electron chi connectivity index (χ2n) is 6.77. The summed E-state index contributed by atoms with van der Waals surface area (Å²) >= 11 is 0. The van der Waals surface area contributed by atoms with Gasteiger partial charge in [-0.2, -0.15) is 5.10 Å². The van der Waals surface area contributed by atoms with Crippen LogP contribution in [0.1, 0.15) is 35.7 Å². The van der Waals surface area contributed by atoms with Gasteiger partial charge in [0, 0.05) is 5.56 Å². The van der Waals surface area contributed by atoms with E-state index >= 15 is 0 Å². The summed E-state index contributed by atoms with van der Waals surface area (Å²) in [5, 5.41) is 4.02. The number of hydrazone groups is 1. The average molecular weight is 418 g/mol. The highest BCUT2D eigenvalue weighted by molar-refractivity contribution is 5.95. The Morgan fingerprint density at radius 1 is 0.871 bits per heavy atom. The van der Waals surface area contributed by atoms with Crippen molar-refractivity contribution >= 4 is 12.1 Å². The molecule has 0 bridgehead atoms. The van der Waals surface area contributed by atoms with Crippen LogP contribution < -0.4 is 19.6 Å². The summed E-state index contributed by atoms with van der Waals surface area (Å²) in [5.74, 6) is 2.60. The fourth-order valence-corrected chi connectivity index (χ4v) is 2.67. The summed E-state index contributed by atoms with van der Waals surface area (Å²) in [6, 6.07) is 21.7. The van der Waals surface area contributed by atoms with E-state index in [9.17, 15) is 4.79 Å². The van der Waals surface area contributed by atoms with Crippen LogP contribution in [0.2, 0.25) is 0 Å². The fraction of sp³-hybridized carbons (Fsp3) is 0.200. The van der Waals surface area contributed by atoms with Crippen LogP contribution in [-0.4, -0.2) is 25.8 Å². The number of ether oxygens (including phenoxy) is 3. The monoisotopic (exact) mass is 418 g/mol. The average Bonchev–Trinajstić information content (AvgIpc) is 2.81. The molecule has 0 fully saturated rings. The van der Waals surface area contributed by atoms with Gasteiger partial charge < -0.3 is 14.2 Å². The molecule has 0 radical (unpaired) electrons. The van der Waals surface area contributed by atoms with Gasteiger partial charge in [-0.15, -0.1) is 0 Å². The van der Waals surface area contributed by atoms with Crippen molar-refractivity contribution in [3.8, 4) is 23.0 Å². The highest BCUT2D eigenvalue weighted by Crippen LogP contribution is 2.24. The predicted octanol–water partition coefficient (Wildman–Crippen LogP) is 5.43. The molecule has 31 heavy (non-hydrogen) atoms. The van der Waals surface area contributed by atoms with E-state index in [1.54, 1.807) is 37.6 Å². The van der Waals surface area contributed by atoms with Gasteiger partial charge in [-0.3, -0.25) is 4.79 Å². The lowest BCUT2D eigenvalue weighted by Crippen LogP contribution is -2.17. The van der Waals surface area contributed by atoms with Crippen molar-refractivity contribution in [2.24, 2.45) is 5.10 Å². The largest absolute Gasteiger partial charge is 0.497 e. The molecule has 3 aromatic carbocycles. The molecule has 1 amide bonds. The van der Waals surface area contributed by atoms with Crippen LogP contribution in [0.4, 0.5) is 0 Å². The Morgan fingerprint density at radius 3 is 2.06 bits per heavy atom. The first-order valence-electron chi connectivity index (χ1n) is 10.2. The van der Waals surface area contributed by atoms with Crippen LogP contribution in [0, 0.1) is 0 Å². The molecule has 160 valence electrons. The van der Waals surface area contributed by atoms with Crippen molar-refractivity contribution in [1.29, 1.82) is 0 Å². The number of hydrogen-bond donors (Lipinski definition) is 1. The Bertz CT molecular complexity index is 982. The number of nitrogens with zero attached hydrogens (tertiary/aromatic N) is 1. The van der Waals surface area contributed by atoms with E-state index in [2.05, 4.69) is 17.5 Å². The van der Waals surface area contributed by atoms with Crippen LogP contribution >= 0.6 is 0 Å². The van der Waals surface area contributed by atoms with E-state index in [4.69, 9.17) is 14.2 Å². The number of hydrogen-bond acceptors (Lipinski definition) is 5. The van der Waals surface area contributed by atoms with Gasteiger partial charge >= 0.3 is 0 Å². The Balaban J connectivity index is 1.49. The summed E-state index contributed by atoms with van der Waals surface area (Å²) in [4.78, 5) is 12.3. The van der Waals surface area contributed by atoms with Gasteiger partial charge in [0.2, 0.25) is 0 Å². The van der Waals surface area contributed by atoms with Crippen molar-refractivity contribution in [3.63, 3.8) is 0 Å². The third-order valence-electron chi connectivity index (χ3n) is 4.44. The molecule has 0 saturated carbocycles. The molecule has 0 heterocycles. The summed E-state index contributed by atoms with van der Waals surface area (Å²) in [5.41, 5.74) is 3.88. The number of unbranched alkanes of at least 4 members (excludes halogenated alkanes) is 1. The number of methoxy groups -OCH3 is 1.